The first-order valence-electron chi connectivity index (χ1n) is 9.96. The summed E-state index contributed by atoms with van der Waals surface area (Å²) < 4.78 is 0. The van der Waals surface area contributed by atoms with Gasteiger partial charge in [-0.15, -0.1) is 0 Å². The summed E-state index contributed by atoms with van der Waals surface area (Å²) in [5, 5.41) is 14.9. The number of rotatable bonds is 6. The van der Waals surface area contributed by atoms with Crippen molar-refractivity contribution in [3.63, 3.8) is 0 Å². The molecule has 0 aromatic heterocycles. The Bertz CT molecular complexity index is 600. The number of hydrogen-bond acceptors (Lipinski definition) is 3. The molecule has 1 amide bonds. The highest BCUT2D eigenvalue weighted by atomic mass is 16.4. The molecule has 0 bridgehead atoms. The number of aliphatic carboxylic acids is 1. The zero-order chi connectivity index (χ0) is 18.4. The van der Waals surface area contributed by atoms with Gasteiger partial charge in [0.1, 0.15) is 6.04 Å². The van der Waals surface area contributed by atoms with Crippen LogP contribution in [0.2, 0.25) is 0 Å². The largest absolute Gasteiger partial charge is 0.480 e. The van der Waals surface area contributed by atoms with Gasteiger partial charge in [0.25, 0.3) is 0 Å². The molecule has 1 heterocycles. The smallest absolute Gasteiger partial charge is 0.320 e. The van der Waals surface area contributed by atoms with Crippen molar-refractivity contribution in [3.05, 3.63) is 35.4 Å². The second kappa shape index (κ2) is 9.17. The Morgan fingerprint density at radius 2 is 1.77 bits per heavy atom. The Morgan fingerprint density at radius 3 is 2.38 bits per heavy atom. The molecule has 2 unspecified atom stereocenters. The van der Waals surface area contributed by atoms with Gasteiger partial charge in [0.05, 0.1) is 5.92 Å². The molecule has 2 aliphatic rings. The fraction of sp³-hybridized carbons (Fsp3) is 0.619. The molecule has 3 N–H and O–H groups in total. The van der Waals surface area contributed by atoms with E-state index < -0.39 is 12.0 Å². The lowest BCUT2D eigenvalue weighted by molar-refractivity contribution is -0.141. The maximum Gasteiger partial charge on any atom is 0.320 e. The Balaban J connectivity index is 1.39. The normalized spacial score (nSPS) is 24.2. The van der Waals surface area contributed by atoms with Crippen molar-refractivity contribution in [2.75, 3.05) is 13.1 Å². The highest BCUT2D eigenvalue weighted by Crippen LogP contribution is 2.32. The number of carbonyl (C=O) groups is 2. The molecule has 2 atom stereocenters. The molecule has 2 fully saturated rings. The molecular formula is C21H30N2O3. The van der Waals surface area contributed by atoms with Crippen LogP contribution in [0.1, 0.15) is 62.0 Å². The molecule has 1 aliphatic heterocycles. The maximum absolute atomic E-state index is 12.2. The Kier molecular flexibility index (Phi) is 6.67. The summed E-state index contributed by atoms with van der Waals surface area (Å²) in [5.74, 6) is -0.203. The van der Waals surface area contributed by atoms with Crippen LogP contribution >= 0.6 is 0 Å². The summed E-state index contributed by atoms with van der Waals surface area (Å²) >= 11 is 0. The lowest BCUT2D eigenvalue weighted by Crippen LogP contribution is -2.48. The summed E-state index contributed by atoms with van der Waals surface area (Å²) in [7, 11) is 0. The number of benzene rings is 1. The van der Waals surface area contributed by atoms with E-state index in [4.69, 9.17) is 5.11 Å². The van der Waals surface area contributed by atoms with Crippen molar-refractivity contribution < 1.29 is 14.7 Å². The number of hydrogen-bond donors (Lipinski definition) is 3. The third-order valence-corrected chi connectivity index (χ3v) is 5.85. The Hall–Kier alpha value is -1.88. The van der Waals surface area contributed by atoms with E-state index in [0.717, 1.165) is 12.3 Å². The molecule has 1 aliphatic carbocycles. The van der Waals surface area contributed by atoms with Gasteiger partial charge < -0.3 is 15.7 Å². The van der Waals surface area contributed by atoms with Gasteiger partial charge in [-0.05, 0) is 49.1 Å². The van der Waals surface area contributed by atoms with Crippen molar-refractivity contribution >= 4 is 11.9 Å². The number of amides is 1. The standard InChI is InChI=1S/C21H30N2O3/c24-20(18-10-11-19(21(25)26)23-14-18)22-13-12-15-6-8-17(9-7-15)16-4-2-1-3-5-16/h6-9,16,18-19,23H,1-5,10-14H2,(H,22,24)(H,25,26). The molecule has 1 aromatic carbocycles. The molecule has 142 valence electrons. The van der Waals surface area contributed by atoms with Gasteiger partial charge in [-0.3, -0.25) is 9.59 Å². The van der Waals surface area contributed by atoms with E-state index in [2.05, 4.69) is 34.9 Å². The second-order valence-corrected chi connectivity index (χ2v) is 7.69. The SMILES string of the molecule is O=C(NCCc1ccc(C2CCCCC2)cc1)C1CCC(C(=O)O)NC1. The molecule has 1 aromatic rings. The monoisotopic (exact) mass is 358 g/mol. The first-order valence-corrected chi connectivity index (χ1v) is 9.96. The van der Waals surface area contributed by atoms with E-state index in [1.54, 1.807) is 0 Å². The van der Waals surface area contributed by atoms with Crippen molar-refractivity contribution in [2.45, 2.75) is 63.3 Å². The fourth-order valence-electron chi connectivity index (χ4n) is 4.16. The van der Waals surface area contributed by atoms with Crippen LogP contribution in [0.3, 0.4) is 0 Å². The highest BCUT2D eigenvalue weighted by molar-refractivity contribution is 5.80. The summed E-state index contributed by atoms with van der Waals surface area (Å²) in [6.45, 7) is 1.07. The van der Waals surface area contributed by atoms with E-state index in [9.17, 15) is 9.59 Å². The van der Waals surface area contributed by atoms with Gasteiger partial charge in [0.15, 0.2) is 0 Å². The van der Waals surface area contributed by atoms with Crippen molar-refractivity contribution in [1.29, 1.82) is 0 Å². The van der Waals surface area contributed by atoms with Crippen LogP contribution in [0.15, 0.2) is 24.3 Å². The maximum atomic E-state index is 12.2. The third-order valence-electron chi connectivity index (χ3n) is 5.85. The van der Waals surface area contributed by atoms with Gasteiger partial charge in [-0.1, -0.05) is 43.5 Å². The summed E-state index contributed by atoms with van der Waals surface area (Å²) in [4.78, 5) is 23.1. The van der Waals surface area contributed by atoms with Gasteiger partial charge in [0, 0.05) is 13.1 Å². The minimum absolute atomic E-state index is 0.0279. The molecule has 26 heavy (non-hydrogen) atoms. The van der Waals surface area contributed by atoms with Crippen LogP contribution in [-0.4, -0.2) is 36.1 Å². The van der Waals surface area contributed by atoms with Crippen LogP contribution in [-0.2, 0) is 16.0 Å². The average molecular weight is 358 g/mol. The van der Waals surface area contributed by atoms with Gasteiger partial charge in [-0.25, -0.2) is 0 Å². The number of carboxylic acid groups (broad SMARTS) is 1. The minimum Gasteiger partial charge on any atom is -0.480 e. The highest BCUT2D eigenvalue weighted by Gasteiger charge is 2.28. The number of piperidine rings is 1. The summed E-state index contributed by atoms with van der Waals surface area (Å²) in [5.41, 5.74) is 2.70. The van der Waals surface area contributed by atoms with Gasteiger partial charge in [-0.2, -0.15) is 0 Å². The molecule has 5 nitrogen and oxygen atoms in total. The predicted octanol–water partition coefficient (Wildman–Crippen LogP) is 2.85. The Morgan fingerprint density at radius 1 is 1.04 bits per heavy atom. The lowest BCUT2D eigenvalue weighted by Gasteiger charge is -2.26. The predicted molar refractivity (Wildman–Crippen MR) is 101 cm³/mol. The van der Waals surface area contributed by atoms with E-state index in [1.165, 1.54) is 43.2 Å². The first-order chi connectivity index (χ1) is 12.6. The molecule has 0 radical (unpaired) electrons. The summed E-state index contributed by atoms with van der Waals surface area (Å²) in [6, 6.07) is 8.38. The lowest BCUT2D eigenvalue weighted by atomic mass is 9.84. The average Bonchev–Trinajstić information content (AvgIpc) is 2.69. The number of carbonyl (C=O) groups excluding carboxylic acids is 1. The molecule has 1 saturated heterocycles. The Labute approximate surface area is 155 Å². The number of nitrogens with one attached hydrogen (secondary N) is 2. The van der Waals surface area contributed by atoms with Crippen LogP contribution in [0.4, 0.5) is 0 Å². The molecule has 0 spiro atoms. The molecule has 1 saturated carbocycles. The third kappa shape index (κ3) is 5.07. The van der Waals surface area contributed by atoms with E-state index in [0.29, 0.717) is 25.9 Å². The molecule has 3 rings (SSSR count). The second-order valence-electron chi connectivity index (χ2n) is 7.69. The summed E-state index contributed by atoms with van der Waals surface area (Å²) in [6.07, 6.45) is 8.67. The van der Waals surface area contributed by atoms with Gasteiger partial charge in [0.2, 0.25) is 5.91 Å². The van der Waals surface area contributed by atoms with Crippen molar-refractivity contribution in [2.24, 2.45) is 5.92 Å². The quantitative estimate of drug-likeness (QED) is 0.731. The topological polar surface area (TPSA) is 78.4 Å². The van der Waals surface area contributed by atoms with Crippen molar-refractivity contribution in [1.82, 2.24) is 10.6 Å². The fourth-order valence-corrected chi connectivity index (χ4v) is 4.16. The minimum atomic E-state index is -0.833. The molecule has 5 heteroatoms. The zero-order valence-electron chi connectivity index (χ0n) is 15.4. The van der Waals surface area contributed by atoms with E-state index in [1.807, 2.05) is 0 Å². The number of carboxylic acids is 1. The van der Waals surface area contributed by atoms with Crippen LogP contribution in [0.5, 0.6) is 0 Å². The zero-order valence-corrected chi connectivity index (χ0v) is 15.4. The van der Waals surface area contributed by atoms with Crippen LogP contribution in [0.25, 0.3) is 0 Å². The van der Waals surface area contributed by atoms with Crippen LogP contribution < -0.4 is 10.6 Å². The van der Waals surface area contributed by atoms with Crippen LogP contribution in [0, 0.1) is 5.92 Å². The molecular weight excluding hydrogens is 328 g/mol. The van der Waals surface area contributed by atoms with E-state index in [-0.39, 0.29) is 11.8 Å². The van der Waals surface area contributed by atoms with E-state index >= 15 is 0 Å². The van der Waals surface area contributed by atoms with Crippen molar-refractivity contribution in [3.8, 4) is 0 Å². The van der Waals surface area contributed by atoms with Gasteiger partial charge >= 0.3 is 5.97 Å². The first kappa shape index (κ1) is 18.9.